The molecule has 0 aliphatic rings. The fourth-order valence-electron chi connectivity index (χ4n) is 2.14. The van der Waals surface area contributed by atoms with Gasteiger partial charge in [-0.15, -0.1) is 0 Å². The van der Waals surface area contributed by atoms with Gasteiger partial charge >= 0.3 is 0 Å². The van der Waals surface area contributed by atoms with Gasteiger partial charge in [0, 0.05) is 18.7 Å². The smallest absolute Gasteiger partial charge is 0.124 e. The minimum Gasteiger partial charge on any atom is -0.493 e. The molecule has 2 rings (SSSR count). The van der Waals surface area contributed by atoms with Crippen molar-refractivity contribution in [2.75, 3.05) is 19.8 Å². The van der Waals surface area contributed by atoms with Crippen molar-refractivity contribution in [3.8, 4) is 5.75 Å². The molecule has 3 nitrogen and oxygen atoms in total. The monoisotopic (exact) mass is 259 g/mol. The first-order valence-corrected chi connectivity index (χ1v) is 6.81. The van der Waals surface area contributed by atoms with Crippen molar-refractivity contribution in [1.29, 1.82) is 0 Å². The van der Waals surface area contributed by atoms with E-state index in [1.807, 2.05) is 18.2 Å². The molecule has 0 aromatic heterocycles. The van der Waals surface area contributed by atoms with Crippen LogP contribution in [0, 0.1) is 0 Å². The molecular formula is C16H21NO2. The summed E-state index contributed by atoms with van der Waals surface area (Å²) in [6.07, 6.45) is 0.996. The van der Waals surface area contributed by atoms with Crippen LogP contribution in [0.2, 0.25) is 0 Å². The van der Waals surface area contributed by atoms with Crippen LogP contribution in [0.25, 0.3) is 10.8 Å². The number of rotatable bonds is 7. The number of aliphatic hydroxyl groups is 1. The molecule has 2 aromatic carbocycles. The number of fused-ring (bicyclic) bond motifs is 1. The highest BCUT2D eigenvalue weighted by molar-refractivity contribution is 5.87. The summed E-state index contributed by atoms with van der Waals surface area (Å²) in [5, 5.41) is 14.5. The van der Waals surface area contributed by atoms with Gasteiger partial charge in [0.2, 0.25) is 0 Å². The molecule has 3 heteroatoms. The Hall–Kier alpha value is -1.58. The first kappa shape index (κ1) is 13.8. The number of aliphatic hydroxyl groups excluding tert-OH is 1. The Morgan fingerprint density at radius 2 is 2.00 bits per heavy atom. The zero-order valence-corrected chi connectivity index (χ0v) is 11.4. The van der Waals surface area contributed by atoms with Gasteiger partial charge in [0.1, 0.15) is 5.75 Å². The second-order valence-corrected chi connectivity index (χ2v) is 4.51. The van der Waals surface area contributed by atoms with E-state index >= 15 is 0 Å². The van der Waals surface area contributed by atoms with Crippen molar-refractivity contribution in [1.82, 2.24) is 5.32 Å². The fourth-order valence-corrected chi connectivity index (χ4v) is 2.14. The summed E-state index contributed by atoms with van der Waals surface area (Å²) < 4.78 is 5.82. The number of nitrogens with one attached hydrogen (secondary N) is 1. The maximum atomic E-state index is 8.87. The Morgan fingerprint density at radius 1 is 1.16 bits per heavy atom. The zero-order valence-electron chi connectivity index (χ0n) is 11.4. The average Bonchev–Trinajstić information content (AvgIpc) is 2.46. The van der Waals surface area contributed by atoms with Gasteiger partial charge in [0.05, 0.1) is 13.2 Å². The number of hydrogen-bond acceptors (Lipinski definition) is 3. The van der Waals surface area contributed by atoms with E-state index in [1.54, 1.807) is 0 Å². The van der Waals surface area contributed by atoms with Gasteiger partial charge < -0.3 is 15.2 Å². The van der Waals surface area contributed by atoms with Crippen molar-refractivity contribution < 1.29 is 9.84 Å². The summed E-state index contributed by atoms with van der Waals surface area (Å²) in [4.78, 5) is 0. The van der Waals surface area contributed by atoms with E-state index < -0.39 is 0 Å². The first-order valence-electron chi connectivity index (χ1n) is 6.81. The lowest BCUT2D eigenvalue weighted by molar-refractivity contribution is 0.290. The Morgan fingerprint density at radius 3 is 2.79 bits per heavy atom. The largest absolute Gasteiger partial charge is 0.493 e. The molecule has 0 amide bonds. The van der Waals surface area contributed by atoms with Gasteiger partial charge in [-0.25, -0.2) is 0 Å². The summed E-state index contributed by atoms with van der Waals surface area (Å²) >= 11 is 0. The summed E-state index contributed by atoms with van der Waals surface area (Å²) in [6, 6.07) is 12.4. The van der Waals surface area contributed by atoms with E-state index in [0.29, 0.717) is 13.1 Å². The van der Waals surface area contributed by atoms with Crippen molar-refractivity contribution in [3.63, 3.8) is 0 Å². The summed E-state index contributed by atoms with van der Waals surface area (Å²) in [6.45, 7) is 4.28. The van der Waals surface area contributed by atoms with E-state index in [1.165, 1.54) is 16.3 Å². The highest BCUT2D eigenvalue weighted by Crippen LogP contribution is 2.28. The van der Waals surface area contributed by atoms with Gasteiger partial charge in [-0.2, -0.15) is 0 Å². The Labute approximate surface area is 114 Å². The van der Waals surface area contributed by atoms with Crippen LogP contribution >= 0.6 is 0 Å². The molecule has 0 spiro atoms. The summed E-state index contributed by atoms with van der Waals surface area (Å²) in [7, 11) is 0. The number of hydrogen-bond donors (Lipinski definition) is 2. The topological polar surface area (TPSA) is 41.5 Å². The van der Waals surface area contributed by atoms with Crippen LogP contribution < -0.4 is 10.1 Å². The third-order valence-electron chi connectivity index (χ3n) is 3.05. The van der Waals surface area contributed by atoms with Crippen molar-refractivity contribution in [3.05, 3.63) is 42.0 Å². The molecule has 0 aliphatic carbocycles. The second-order valence-electron chi connectivity index (χ2n) is 4.51. The molecule has 2 aromatic rings. The summed E-state index contributed by atoms with van der Waals surface area (Å²) in [5.74, 6) is 0.936. The third-order valence-corrected chi connectivity index (χ3v) is 3.05. The maximum absolute atomic E-state index is 8.87. The van der Waals surface area contributed by atoms with Crippen LogP contribution in [-0.4, -0.2) is 24.9 Å². The van der Waals surface area contributed by atoms with Gasteiger partial charge in [0.25, 0.3) is 0 Å². The van der Waals surface area contributed by atoms with Gasteiger partial charge in [-0.1, -0.05) is 37.3 Å². The molecule has 0 heterocycles. The van der Waals surface area contributed by atoms with E-state index in [4.69, 9.17) is 9.84 Å². The van der Waals surface area contributed by atoms with Gasteiger partial charge in [0.15, 0.2) is 0 Å². The second kappa shape index (κ2) is 7.12. The molecule has 0 saturated carbocycles. The van der Waals surface area contributed by atoms with Crippen LogP contribution in [-0.2, 0) is 6.54 Å². The third kappa shape index (κ3) is 3.46. The molecule has 0 unspecified atom stereocenters. The van der Waals surface area contributed by atoms with Crippen molar-refractivity contribution in [2.45, 2.75) is 19.9 Å². The van der Waals surface area contributed by atoms with Gasteiger partial charge in [-0.05, 0) is 23.3 Å². The average molecular weight is 259 g/mol. The predicted octanol–water partition coefficient (Wildman–Crippen LogP) is 2.71. The molecule has 0 saturated heterocycles. The summed E-state index contributed by atoms with van der Waals surface area (Å²) in [5.41, 5.74) is 1.17. The fraction of sp³-hybridized carbons (Fsp3) is 0.375. The first-order chi connectivity index (χ1) is 9.36. The molecule has 102 valence electrons. The van der Waals surface area contributed by atoms with Crippen LogP contribution in [0.1, 0.15) is 18.9 Å². The van der Waals surface area contributed by atoms with E-state index in [0.717, 1.165) is 18.8 Å². The van der Waals surface area contributed by atoms with Crippen LogP contribution in [0.5, 0.6) is 5.75 Å². The minimum atomic E-state index is 0.149. The van der Waals surface area contributed by atoms with Crippen LogP contribution in [0.15, 0.2) is 36.4 Å². The minimum absolute atomic E-state index is 0.149. The van der Waals surface area contributed by atoms with Gasteiger partial charge in [-0.3, -0.25) is 0 Å². The molecule has 0 atom stereocenters. The normalized spacial score (nSPS) is 10.8. The molecular weight excluding hydrogens is 238 g/mol. The Bertz CT molecular complexity index is 525. The van der Waals surface area contributed by atoms with Crippen molar-refractivity contribution >= 4 is 10.8 Å². The lowest BCUT2D eigenvalue weighted by Gasteiger charge is -2.14. The quantitative estimate of drug-likeness (QED) is 0.751. The Kier molecular flexibility index (Phi) is 5.19. The molecule has 0 radical (unpaired) electrons. The highest BCUT2D eigenvalue weighted by atomic mass is 16.5. The highest BCUT2D eigenvalue weighted by Gasteiger charge is 2.08. The SMILES string of the molecule is CCCOc1ccc2ccccc2c1CNCCO. The van der Waals surface area contributed by atoms with E-state index in [9.17, 15) is 0 Å². The molecule has 2 N–H and O–H groups in total. The maximum Gasteiger partial charge on any atom is 0.124 e. The van der Waals surface area contributed by atoms with Crippen molar-refractivity contribution in [2.24, 2.45) is 0 Å². The molecule has 0 aliphatic heterocycles. The number of benzene rings is 2. The number of ether oxygens (including phenoxy) is 1. The lowest BCUT2D eigenvalue weighted by atomic mass is 10.0. The molecule has 0 bridgehead atoms. The van der Waals surface area contributed by atoms with Crippen LogP contribution in [0.3, 0.4) is 0 Å². The molecule has 19 heavy (non-hydrogen) atoms. The molecule has 0 fully saturated rings. The van der Waals surface area contributed by atoms with Crippen LogP contribution in [0.4, 0.5) is 0 Å². The standard InChI is InChI=1S/C16H21NO2/c1-2-11-19-16-8-7-13-5-3-4-6-14(13)15(16)12-17-9-10-18/h3-8,17-18H,2,9-12H2,1H3. The lowest BCUT2D eigenvalue weighted by Crippen LogP contribution is -2.18. The van der Waals surface area contributed by atoms with E-state index in [2.05, 4.69) is 30.4 Å². The zero-order chi connectivity index (χ0) is 13.5. The van der Waals surface area contributed by atoms with E-state index in [-0.39, 0.29) is 6.61 Å². The predicted molar refractivity (Wildman–Crippen MR) is 78.5 cm³/mol. The Balaban J connectivity index is 2.33.